The molecule has 0 aliphatic carbocycles. The monoisotopic (exact) mass is 234 g/mol. The normalized spacial score (nSPS) is 12.3. The van der Waals surface area contributed by atoms with Gasteiger partial charge in [-0.15, -0.1) is 11.6 Å². The third-order valence-corrected chi connectivity index (χ3v) is 2.17. The Morgan fingerprint density at radius 1 is 1.33 bits per heavy atom. The standard InChI is InChI=1S/C11H10ClF3/c1-8-4-5-10(11(13,14)15)7-9(8)3-2-6-12/h2-5,7H,6H2,1H3. The number of rotatable bonds is 2. The zero-order valence-electron chi connectivity index (χ0n) is 8.11. The minimum atomic E-state index is -4.29. The van der Waals surface area contributed by atoms with Crippen LogP contribution in [0.25, 0.3) is 6.08 Å². The van der Waals surface area contributed by atoms with Crippen LogP contribution in [0.3, 0.4) is 0 Å². The number of allylic oxidation sites excluding steroid dienone is 1. The second-order valence-electron chi connectivity index (χ2n) is 3.13. The molecule has 4 heteroatoms. The average Bonchev–Trinajstić information content (AvgIpc) is 2.15. The largest absolute Gasteiger partial charge is 0.416 e. The van der Waals surface area contributed by atoms with Crippen molar-refractivity contribution < 1.29 is 13.2 Å². The molecule has 0 saturated heterocycles. The van der Waals surface area contributed by atoms with E-state index >= 15 is 0 Å². The molecule has 1 rings (SSSR count). The van der Waals surface area contributed by atoms with Gasteiger partial charge in [0.1, 0.15) is 0 Å². The highest BCUT2D eigenvalue weighted by molar-refractivity contribution is 6.19. The van der Waals surface area contributed by atoms with Gasteiger partial charge in [-0.1, -0.05) is 18.2 Å². The van der Waals surface area contributed by atoms with E-state index in [0.29, 0.717) is 5.56 Å². The fraction of sp³-hybridized carbons (Fsp3) is 0.273. The minimum Gasteiger partial charge on any atom is -0.166 e. The van der Waals surface area contributed by atoms with Crippen molar-refractivity contribution >= 4 is 17.7 Å². The molecule has 0 nitrogen and oxygen atoms in total. The van der Waals surface area contributed by atoms with Gasteiger partial charge in [-0.3, -0.25) is 0 Å². The van der Waals surface area contributed by atoms with Crippen molar-refractivity contribution in [2.75, 3.05) is 5.88 Å². The summed E-state index contributed by atoms with van der Waals surface area (Å²) < 4.78 is 37.1. The molecule has 0 atom stereocenters. The van der Waals surface area contributed by atoms with E-state index in [4.69, 9.17) is 11.6 Å². The van der Waals surface area contributed by atoms with Gasteiger partial charge in [0, 0.05) is 5.88 Å². The number of benzene rings is 1. The average molecular weight is 235 g/mol. The number of alkyl halides is 4. The number of aryl methyl sites for hydroxylation is 1. The molecule has 0 fully saturated rings. The molecule has 1 aromatic rings. The fourth-order valence-corrected chi connectivity index (χ4v) is 1.26. The van der Waals surface area contributed by atoms with E-state index in [-0.39, 0.29) is 5.88 Å². The second-order valence-corrected chi connectivity index (χ2v) is 3.43. The lowest BCUT2D eigenvalue weighted by Gasteiger charge is -2.08. The van der Waals surface area contributed by atoms with Gasteiger partial charge < -0.3 is 0 Å². The molecule has 0 aliphatic rings. The van der Waals surface area contributed by atoms with Crippen LogP contribution in [0, 0.1) is 6.92 Å². The molecule has 0 aliphatic heterocycles. The highest BCUT2D eigenvalue weighted by Crippen LogP contribution is 2.30. The number of hydrogen-bond donors (Lipinski definition) is 0. The Morgan fingerprint density at radius 2 is 2.00 bits per heavy atom. The van der Waals surface area contributed by atoms with Crippen molar-refractivity contribution in [2.24, 2.45) is 0 Å². The third-order valence-electron chi connectivity index (χ3n) is 1.99. The maximum Gasteiger partial charge on any atom is 0.416 e. The molecule has 1 aromatic carbocycles. The van der Waals surface area contributed by atoms with E-state index in [2.05, 4.69) is 0 Å². The first-order chi connectivity index (χ1) is 6.95. The Morgan fingerprint density at radius 3 is 2.53 bits per heavy atom. The SMILES string of the molecule is Cc1ccc(C(F)(F)F)cc1C=CCCl. The quantitative estimate of drug-likeness (QED) is 0.671. The molecule has 0 radical (unpaired) electrons. The Balaban J connectivity index is 3.11. The van der Waals surface area contributed by atoms with Crippen LogP contribution in [0.15, 0.2) is 24.3 Å². The maximum absolute atomic E-state index is 12.4. The van der Waals surface area contributed by atoms with Crippen LogP contribution < -0.4 is 0 Å². The van der Waals surface area contributed by atoms with Gasteiger partial charge in [0.25, 0.3) is 0 Å². The molecule has 0 bridgehead atoms. The predicted molar refractivity (Wildman–Crippen MR) is 55.9 cm³/mol. The lowest BCUT2D eigenvalue weighted by Crippen LogP contribution is -2.05. The van der Waals surface area contributed by atoms with Crippen molar-refractivity contribution in [3.63, 3.8) is 0 Å². The molecule has 0 aromatic heterocycles. The summed E-state index contributed by atoms with van der Waals surface area (Å²) in [4.78, 5) is 0. The summed E-state index contributed by atoms with van der Waals surface area (Å²) in [5.41, 5.74) is 0.706. The molecule has 0 saturated carbocycles. The first-order valence-electron chi connectivity index (χ1n) is 4.35. The van der Waals surface area contributed by atoms with E-state index in [1.165, 1.54) is 6.07 Å². The Labute approximate surface area is 91.4 Å². The highest BCUT2D eigenvalue weighted by atomic mass is 35.5. The van der Waals surface area contributed by atoms with Gasteiger partial charge in [-0.25, -0.2) is 0 Å². The van der Waals surface area contributed by atoms with Gasteiger partial charge >= 0.3 is 6.18 Å². The first kappa shape index (κ1) is 12.1. The smallest absolute Gasteiger partial charge is 0.166 e. The van der Waals surface area contributed by atoms with Crippen LogP contribution in [0.2, 0.25) is 0 Å². The minimum absolute atomic E-state index is 0.287. The van der Waals surface area contributed by atoms with E-state index in [0.717, 1.165) is 17.7 Å². The van der Waals surface area contributed by atoms with E-state index in [1.807, 2.05) is 0 Å². The van der Waals surface area contributed by atoms with Crippen molar-refractivity contribution in [3.05, 3.63) is 41.0 Å². The molecule has 0 spiro atoms. The number of hydrogen-bond acceptors (Lipinski definition) is 0. The van der Waals surface area contributed by atoms with Crippen molar-refractivity contribution in [2.45, 2.75) is 13.1 Å². The second kappa shape index (κ2) is 4.71. The van der Waals surface area contributed by atoms with Gasteiger partial charge in [0.05, 0.1) is 5.56 Å². The zero-order valence-corrected chi connectivity index (χ0v) is 8.86. The van der Waals surface area contributed by atoms with Crippen LogP contribution >= 0.6 is 11.6 Å². The van der Waals surface area contributed by atoms with Gasteiger partial charge in [-0.2, -0.15) is 13.2 Å². The fourth-order valence-electron chi connectivity index (χ4n) is 1.17. The van der Waals surface area contributed by atoms with Gasteiger partial charge in [-0.05, 0) is 30.2 Å². The van der Waals surface area contributed by atoms with Crippen LogP contribution in [-0.2, 0) is 6.18 Å². The topological polar surface area (TPSA) is 0 Å². The Hall–Kier alpha value is -0.960. The van der Waals surface area contributed by atoms with E-state index in [9.17, 15) is 13.2 Å². The van der Waals surface area contributed by atoms with Crippen molar-refractivity contribution in [1.82, 2.24) is 0 Å². The van der Waals surface area contributed by atoms with Crippen LogP contribution in [0.5, 0.6) is 0 Å². The van der Waals surface area contributed by atoms with Crippen LogP contribution in [0.4, 0.5) is 13.2 Å². The van der Waals surface area contributed by atoms with Gasteiger partial charge in [0.2, 0.25) is 0 Å². The zero-order chi connectivity index (χ0) is 11.5. The first-order valence-corrected chi connectivity index (χ1v) is 4.89. The molecule has 82 valence electrons. The molecular formula is C11H10ClF3. The van der Waals surface area contributed by atoms with E-state index < -0.39 is 11.7 Å². The number of halogens is 4. The van der Waals surface area contributed by atoms with Crippen LogP contribution in [-0.4, -0.2) is 5.88 Å². The van der Waals surface area contributed by atoms with Crippen LogP contribution in [0.1, 0.15) is 16.7 Å². The van der Waals surface area contributed by atoms with Crippen molar-refractivity contribution in [1.29, 1.82) is 0 Å². The molecule has 0 heterocycles. The predicted octanol–water partition coefficient (Wildman–Crippen LogP) is 4.27. The molecule has 0 N–H and O–H groups in total. The Kier molecular flexibility index (Phi) is 3.80. The summed E-state index contributed by atoms with van der Waals surface area (Å²) in [7, 11) is 0. The summed E-state index contributed by atoms with van der Waals surface area (Å²) in [6.07, 6.45) is -1.08. The lowest BCUT2D eigenvalue weighted by atomic mass is 10.0. The van der Waals surface area contributed by atoms with Gasteiger partial charge in [0.15, 0.2) is 0 Å². The summed E-state index contributed by atoms with van der Waals surface area (Å²) in [6.45, 7) is 1.76. The Bertz CT molecular complexity index is 367. The lowest BCUT2D eigenvalue weighted by molar-refractivity contribution is -0.137. The highest BCUT2D eigenvalue weighted by Gasteiger charge is 2.30. The molecular weight excluding hydrogens is 225 g/mol. The van der Waals surface area contributed by atoms with E-state index in [1.54, 1.807) is 19.1 Å². The molecule has 0 amide bonds. The van der Waals surface area contributed by atoms with Crippen molar-refractivity contribution in [3.8, 4) is 0 Å². The third kappa shape index (κ3) is 3.27. The summed E-state index contributed by atoms with van der Waals surface area (Å²) in [5, 5.41) is 0. The summed E-state index contributed by atoms with van der Waals surface area (Å²) in [5.74, 6) is 0.287. The molecule has 0 unspecified atom stereocenters. The molecule has 15 heavy (non-hydrogen) atoms. The summed E-state index contributed by atoms with van der Waals surface area (Å²) >= 11 is 5.42. The maximum atomic E-state index is 12.4. The summed E-state index contributed by atoms with van der Waals surface area (Å²) in [6, 6.07) is 3.66.